The minimum atomic E-state index is -4.01. The Kier molecular flexibility index (Phi) is 3.96. The molecule has 2 aromatic rings. The molecular formula is C17H20O4S. The lowest BCUT2D eigenvalue weighted by Gasteiger charge is -2.16. The summed E-state index contributed by atoms with van der Waals surface area (Å²) in [6.45, 7) is 8.58. The number of phenolic OH excluding ortho intramolecular Hbond substituents is 2. The summed E-state index contributed by atoms with van der Waals surface area (Å²) in [6, 6.07) is 4.75. The summed E-state index contributed by atoms with van der Waals surface area (Å²) < 4.78 is 25.8. The molecule has 0 unspecified atom stereocenters. The molecule has 2 aromatic carbocycles. The second-order valence-electron chi connectivity index (χ2n) is 5.67. The quantitative estimate of drug-likeness (QED) is 0.888. The van der Waals surface area contributed by atoms with Crippen molar-refractivity contribution in [2.75, 3.05) is 0 Å². The molecule has 0 bridgehead atoms. The van der Waals surface area contributed by atoms with Gasteiger partial charge in [0.25, 0.3) is 0 Å². The first-order valence-electron chi connectivity index (χ1n) is 6.93. The molecule has 0 spiro atoms. The van der Waals surface area contributed by atoms with Gasteiger partial charge in [0.15, 0.2) is 0 Å². The average Bonchev–Trinajstić information content (AvgIpc) is 2.41. The lowest BCUT2D eigenvalue weighted by atomic mass is 10.1. The maximum Gasteiger partial charge on any atom is 0.214 e. The van der Waals surface area contributed by atoms with Crippen molar-refractivity contribution in [3.8, 4) is 11.5 Å². The van der Waals surface area contributed by atoms with E-state index in [1.807, 2.05) is 6.92 Å². The first kappa shape index (κ1) is 16.4. The van der Waals surface area contributed by atoms with Gasteiger partial charge in [-0.25, -0.2) is 8.42 Å². The molecule has 0 saturated carbocycles. The summed E-state index contributed by atoms with van der Waals surface area (Å²) in [5.74, 6) is -0.521. The monoisotopic (exact) mass is 320 g/mol. The third kappa shape index (κ3) is 2.35. The highest BCUT2D eigenvalue weighted by Crippen LogP contribution is 2.39. The van der Waals surface area contributed by atoms with Gasteiger partial charge < -0.3 is 10.2 Å². The van der Waals surface area contributed by atoms with Crippen molar-refractivity contribution >= 4 is 9.84 Å². The molecule has 0 aromatic heterocycles. The number of phenols is 2. The van der Waals surface area contributed by atoms with Crippen molar-refractivity contribution < 1.29 is 18.6 Å². The molecule has 0 saturated heterocycles. The summed E-state index contributed by atoms with van der Waals surface area (Å²) in [6.07, 6.45) is 0. The standard InChI is InChI=1S/C17H20O4S/c1-9-6-7-14(15(18)12(9)4)22(20,21)17-11(3)8-10(2)13(5)16(17)19/h6-8,18-19H,1-5H3. The molecule has 5 heteroatoms. The van der Waals surface area contributed by atoms with Gasteiger partial charge in [0, 0.05) is 0 Å². The van der Waals surface area contributed by atoms with Crippen molar-refractivity contribution in [1.82, 2.24) is 0 Å². The van der Waals surface area contributed by atoms with Crippen molar-refractivity contribution in [2.45, 2.75) is 44.4 Å². The van der Waals surface area contributed by atoms with Gasteiger partial charge in [-0.1, -0.05) is 12.1 Å². The Morgan fingerprint density at radius 1 is 0.773 bits per heavy atom. The number of hydrogen-bond donors (Lipinski definition) is 2. The number of rotatable bonds is 2. The Labute approximate surface area is 131 Å². The molecule has 0 fully saturated rings. The zero-order valence-electron chi connectivity index (χ0n) is 13.4. The number of aryl methyl sites for hydroxylation is 3. The molecule has 0 aliphatic rings. The van der Waals surface area contributed by atoms with Crippen LogP contribution in [0.1, 0.15) is 27.8 Å². The summed E-state index contributed by atoms with van der Waals surface area (Å²) in [7, 11) is -4.01. The largest absolute Gasteiger partial charge is 0.506 e. The van der Waals surface area contributed by atoms with Crippen molar-refractivity contribution in [3.63, 3.8) is 0 Å². The summed E-state index contributed by atoms with van der Waals surface area (Å²) in [5, 5.41) is 20.5. The van der Waals surface area contributed by atoms with Crippen LogP contribution in [0, 0.1) is 34.6 Å². The van der Waals surface area contributed by atoms with Gasteiger partial charge in [0.05, 0.1) is 0 Å². The van der Waals surface area contributed by atoms with E-state index in [0.717, 1.165) is 11.1 Å². The molecular weight excluding hydrogens is 300 g/mol. The van der Waals surface area contributed by atoms with Gasteiger partial charge in [0.2, 0.25) is 9.84 Å². The van der Waals surface area contributed by atoms with E-state index >= 15 is 0 Å². The first-order valence-corrected chi connectivity index (χ1v) is 8.41. The summed E-state index contributed by atoms with van der Waals surface area (Å²) in [5.41, 5.74) is 3.11. The maximum atomic E-state index is 12.9. The molecule has 22 heavy (non-hydrogen) atoms. The van der Waals surface area contributed by atoms with E-state index in [4.69, 9.17) is 0 Å². The molecule has 0 aliphatic carbocycles. The van der Waals surface area contributed by atoms with Crippen LogP contribution in [-0.4, -0.2) is 18.6 Å². The van der Waals surface area contributed by atoms with Gasteiger partial charge in [-0.05, 0) is 68.5 Å². The van der Waals surface area contributed by atoms with Gasteiger partial charge in [-0.3, -0.25) is 0 Å². The van der Waals surface area contributed by atoms with E-state index in [1.54, 1.807) is 39.8 Å². The van der Waals surface area contributed by atoms with Crippen molar-refractivity contribution in [2.24, 2.45) is 0 Å². The Bertz CT molecular complexity index is 865. The molecule has 0 amide bonds. The number of hydrogen-bond acceptors (Lipinski definition) is 4. The molecule has 2 N–H and O–H groups in total. The summed E-state index contributed by atoms with van der Waals surface area (Å²) in [4.78, 5) is -0.327. The highest BCUT2D eigenvalue weighted by molar-refractivity contribution is 7.91. The van der Waals surface area contributed by atoms with Crippen LogP contribution < -0.4 is 0 Å². The van der Waals surface area contributed by atoms with E-state index in [2.05, 4.69) is 0 Å². The summed E-state index contributed by atoms with van der Waals surface area (Å²) >= 11 is 0. The van der Waals surface area contributed by atoms with E-state index in [0.29, 0.717) is 16.7 Å². The van der Waals surface area contributed by atoms with Gasteiger partial charge in [-0.15, -0.1) is 0 Å². The Morgan fingerprint density at radius 2 is 1.32 bits per heavy atom. The molecule has 0 atom stereocenters. The Hall–Kier alpha value is -2.01. The normalized spacial score (nSPS) is 11.7. The average molecular weight is 320 g/mol. The molecule has 0 radical (unpaired) electrons. The highest BCUT2D eigenvalue weighted by atomic mass is 32.2. The first-order chi connectivity index (χ1) is 10.1. The van der Waals surface area contributed by atoms with Crippen LogP contribution in [0.2, 0.25) is 0 Å². The zero-order valence-corrected chi connectivity index (χ0v) is 14.2. The van der Waals surface area contributed by atoms with Crippen LogP contribution in [-0.2, 0) is 9.84 Å². The predicted molar refractivity (Wildman–Crippen MR) is 85.4 cm³/mol. The van der Waals surface area contributed by atoms with E-state index in [1.165, 1.54) is 6.07 Å². The van der Waals surface area contributed by atoms with Gasteiger partial charge in [-0.2, -0.15) is 0 Å². The van der Waals surface area contributed by atoms with E-state index < -0.39 is 9.84 Å². The van der Waals surface area contributed by atoms with Crippen LogP contribution in [0.25, 0.3) is 0 Å². The fraction of sp³-hybridized carbons (Fsp3) is 0.294. The SMILES string of the molecule is Cc1ccc(S(=O)(=O)c2c(C)cc(C)c(C)c2O)c(O)c1C. The lowest BCUT2D eigenvalue weighted by molar-refractivity contribution is 0.447. The fourth-order valence-electron chi connectivity index (χ4n) is 2.48. The lowest BCUT2D eigenvalue weighted by Crippen LogP contribution is -2.07. The molecule has 0 heterocycles. The third-order valence-corrected chi connectivity index (χ3v) is 6.14. The van der Waals surface area contributed by atoms with E-state index in [9.17, 15) is 18.6 Å². The molecule has 4 nitrogen and oxygen atoms in total. The van der Waals surface area contributed by atoms with Crippen LogP contribution >= 0.6 is 0 Å². The topological polar surface area (TPSA) is 74.6 Å². The van der Waals surface area contributed by atoms with Crippen molar-refractivity contribution in [1.29, 1.82) is 0 Å². The van der Waals surface area contributed by atoms with Crippen molar-refractivity contribution in [3.05, 3.63) is 46.0 Å². The van der Waals surface area contributed by atoms with Gasteiger partial charge in [0.1, 0.15) is 21.3 Å². The van der Waals surface area contributed by atoms with Crippen LogP contribution in [0.4, 0.5) is 0 Å². The molecule has 2 rings (SSSR count). The molecule has 0 aliphatic heterocycles. The van der Waals surface area contributed by atoms with Crippen LogP contribution in [0.5, 0.6) is 11.5 Å². The smallest absolute Gasteiger partial charge is 0.214 e. The molecule has 118 valence electrons. The van der Waals surface area contributed by atoms with E-state index in [-0.39, 0.29) is 21.3 Å². The van der Waals surface area contributed by atoms with Crippen LogP contribution in [0.15, 0.2) is 28.0 Å². The second kappa shape index (κ2) is 5.32. The number of sulfone groups is 1. The second-order valence-corrected chi connectivity index (χ2v) is 7.53. The van der Waals surface area contributed by atoms with Crippen LogP contribution in [0.3, 0.4) is 0 Å². The maximum absolute atomic E-state index is 12.9. The highest BCUT2D eigenvalue weighted by Gasteiger charge is 2.29. The van der Waals surface area contributed by atoms with Gasteiger partial charge >= 0.3 is 0 Å². The predicted octanol–water partition coefficient (Wildman–Crippen LogP) is 3.47. The number of benzene rings is 2. The number of aromatic hydroxyl groups is 2. The third-order valence-electron chi connectivity index (χ3n) is 4.18. The Morgan fingerprint density at radius 3 is 1.91 bits per heavy atom. The zero-order chi connectivity index (χ0) is 16.8. The fourth-order valence-corrected chi connectivity index (χ4v) is 4.25. The minimum Gasteiger partial charge on any atom is -0.506 e. The minimum absolute atomic E-state index is 0.144. The Balaban J connectivity index is 2.83.